The Hall–Kier alpha value is -0.730. The molecule has 0 aromatic carbocycles. The summed E-state index contributed by atoms with van der Waals surface area (Å²) in [5.41, 5.74) is 5.30. The second-order valence-corrected chi connectivity index (χ2v) is 2.50. The number of hydrogen-bond donors (Lipinski definition) is 3. The maximum Gasteiger partial charge on any atom is 0.294 e. The van der Waals surface area contributed by atoms with E-state index in [0.717, 1.165) is 0 Å². The molecule has 1 atom stereocenters. The summed E-state index contributed by atoms with van der Waals surface area (Å²) in [5.74, 6) is -0.177. The van der Waals surface area contributed by atoms with Crippen LogP contribution >= 0.6 is 25.0 Å². The van der Waals surface area contributed by atoms with Crippen LogP contribution in [0.1, 0.15) is 0 Å². The standard InChI is InChI=1S/C5H11N3O4S.ClH/c6-4(3-13)5(9)7-1-2-12-8(10)11;/h4,13H,1-3,6H2,(H,7,9);1H. The predicted molar refractivity (Wildman–Crippen MR) is 55.0 cm³/mol. The number of nitrogens with one attached hydrogen (secondary N) is 1. The number of carbonyl (C=O) groups is 1. The third-order valence-electron chi connectivity index (χ3n) is 1.13. The van der Waals surface area contributed by atoms with E-state index in [0.29, 0.717) is 0 Å². The summed E-state index contributed by atoms with van der Waals surface area (Å²) in [6.07, 6.45) is 0. The number of amides is 1. The monoisotopic (exact) mass is 245 g/mol. The third kappa shape index (κ3) is 7.90. The van der Waals surface area contributed by atoms with Gasteiger partial charge in [-0.2, -0.15) is 12.6 Å². The molecule has 0 heterocycles. The van der Waals surface area contributed by atoms with Crippen molar-refractivity contribution in [1.82, 2.24) is 5.32 Å². The van der Waals surface area contributed by atoms with Gasteiger partial charge < -0.3 is 15.9 Å². The van der Waals surface area contributed by atoms with Gasteiger partial charge in [0.2, 0.25) is 5.91 Å². The number of carbonyl (C=O) groups excluding carboxylic acids is 1. The van der Waals surface area contributed by atoms with Crippen LogP contribution in [0.2, 0.25) is 0 Å². The van der Waals surface area contributed by atoms with E-state index >= 15 is 0 Å². The van der Waals surface area contributed by atoms with Crippen molar-refractivity contribution < 1.29 is 14.7 Å². The molecule has 3 N–H and O–H groups in total. The van der Waals surface area contributed by atoms with E-state index in [-0.39, 0.29) is 31.3 Å². The fraction of sp³-hybridized carbons (Fsp3) is 0.800. The molecule has 0 radical (unpaired) electrons. The Morgan fingerprint density at radius 2 is 2.29 bits per heavy atom. The largest absolute Gasteiger partial charge is 0.353 e. The number of rotatable bonds is 6. The maximum absolute atomic E-state index is 10.9. The number of hydrogen-bond acceptors (Lipinski definition) is 6. The van der Waals surface area contributed by atoms with Gasteiger partial charge in [-0.3, -0.25) is 4.79 Å². The molecule has 0 saturated carbocycles. The first kappa shape index (κ1) is 15.7. The van der Waals surface area contributed by atoms with Gasteiger partial charge in [0.1, 0.15) is 6.61 Å². The zero-order valence-corrected chi connectivity index (χ0v) is 8.92. The van der Waals surface area contributed by atoms with Crippen molar-refractivity contribution in [1.29, 1.82) is 0 Å². The lowest BCUT2D eigenvalue weighted by atomic mass is 10.3. The Morgan fingerprint density at radius 3 is 2.71 bits per heavy atom. The molecular weight excluding hydrogens is 234 g/mol. The van der Waals surface area contributed by atoms with Gasteiger partial charge in [0.25, 0.3) is 5.09 Å². The van der Waals surface area contributed by atoms with E-state index in [2.05, 4.69) is 22.8 Å². The van der Waals surface area contributed by atoms with Gasteiger partial charge in [-0.25, -0.2) is 0 Å². The van der Waals surface area contributed by atoms with E-state index in [1.807, 2.05) is 0 Å². The van der Waals surface area contributed by atoms with Gasteiger partial charge in [-0.1, -0.05) is 0 Å². The Labute approximate surface area is 92.3 Å². The van der Waals surface area contributed by atoms with Crippen molar-refractivity contribution in [2.45, 2.75) is 6.04 Å². The van der Waals surface area contributed by atoms with Crippen molar-refractivity contribution in [3.05, 3.63) is 10.1 Å². The normalized spacial score (nSPS) is 11.0. The van der Waals surface area contributed by atoms with Gasteiger partial charge in [0.05, 0.1) is 6.04 Å². The summed E-state index contributed by atoms with van der Waals surface area (Å²) in [7, 11) is 0. The molecule has 7 nitrogen and oxygen atoms in total. The lowest BCUT2D eigenvalue weighted by Crippen LogP contribution is -2.43. The summed E-state index contributed by atoms with van der Waals surface area (Å²) in [4.78, 5) is 24.5. The summed E-state index contributed by atoms with van der Waals surface area (Å²) >= 11 is 3.81. The highest BCUT2D eigenvalue weighted by molar-refractivity contribution is 7.80. The lowest BCUT2D eigenvalue weighted by Gasteiger charge is -2.08. The van der Waals surface area contributed by atoms with Crippen LogP contribution in [0.3, 0.4) is 0 Å². The summed E-state index contributed by atoms with van der Waals surface area (Å²) in [6.45, 7) is -0.126. The number of thiol groups is 1. The molecule has 0 spiro atoms. The molecule has 0 rings (SSSR count). The Bertz CT molecular complexity index is 194. The van der Waals surface area contributed by atoms with E-state index in [9.17, 15) is 14.9 Å². The fourth-order valence-corrected chi connectivity index (χ4v) is 0.674. The van der Waals surface area contributed by atoms with Gasteiger partial charge in [0, 0.05) is 12.3 Å². The van der Waals surface area contributed by atoms with Crippen LogP contribution in [-0.4, -0.2) is 35.9 Å². The highest BCUT2D eigenvalue weighted by Gasteiger charge is 2.09. The van der Waals surface area contributed by atoms with Gasteiger partial charge >= 0.3 is 0 Å². The first-order chi connectivity index (χ1) is 6.07. The summed E-state index contributed by atoms with van der Waals surface area (Å²) in [6, 6.07) is -0.695. The summed E-state index contributed by atoms with van der Waals surface area (Å²) < 4.78 is 0. The average Bonchev–Trinajstić information content (AvgIpc) is 2.10. The Kier molecular flexibility index (Phi) is 9.94. The smallest absolute Gasteiger partial charge is 0.294 e. The predicted octanol–water partition coefficient (Wildman–Crippen LogP) is -1.01. The first-order valence-corrected chi connectivity index (χ1v) is 4.12. The van der Waals surface area contributed by atoms with E-state index in [4.69, 9.17) is 5.73 Å². The van der Waals surface area contributed by atoms with Crippen molar-refractivity contribution in [2.24, 2.45) is 5.73 Å². The molecular formula is C5H12ClN3O4S. The lowest BCUT2D eigenvalue weighted by molar-refractivity contribution is -0.757. The number of halogens is 1. The molecule has 0 fully saturated rings. The molecule has 0 aromatic rings. The van der Waals surface area contributed by atoms with Crippen molar-refractivity contribution in [3.63, 3.8) is 0 Å². The van der Waals surface area contributed by atoms with Crippen LogP contribution in [-0.2, 0) is 9.63 Å². The quantitative estimate of drug-likeness (QED) is 0.241. The molecule has 0 aromatic heterocycles. The van der Waals surface area contributed by atoms with Crippen LogP contribution < -0.4 is 11.1 Å². The molecule has 9 heteroatoms. The van der Waals surface area contributed by atoms with E-state index < -0.39 is 17.0 Å². The molecule has 14 heavy (non-hydrogen) atoms. The molecule has 1 unspecified atom stereocenters. The molecule has 0 aliphatic rings. The van der Waals surface area contributed by atoms with Gasteiger partial charge in [0.15, 0.2) is 0 Å². The molecule has 84 valence electrons. The molecule has 0 aliphatic carbocycles. The number of nitrogens with two attached hydrogens (primary N) is 1. The van der Waals surface area contributed by atoms with E-state index in [1.54, 1.807) is 0 Å². The first-order valence-electron chi connectivity index (χ1n) is 3.49. The van der Waals surface area contributed by atoms with Crippen molar-refractivity contribution in [2.75, 3.05) is 18.9 Å². The topological polar surface area (TPSA) is 107 Å². The molecule has 0 saturated heterocycles. The van der Waals surface area contributed by atoms with Crippen LogP contribution in [0.4, 0.5) is 0 Å². The highest BCUT2D eigenvalue weighted by atomic mass is 35.5. The zero-order chi connectivity index (χ0) is 10.3. The van der Waals surface area contributed by atoms with Gasteiger partial charge in [-0.15, -0.1) is 22.5 Å². The zero-order valence-electron chi connectivity index (χ0n) is 7.21. The molecule has 0 aliphatic heterocycles. The van der Waals surface area contributed by atoms with E-state index in [1.165, 1.54) is 0 Å². The average molecular weight is 246 g/mol. The highest BCUT2D eigenvalue weighted by Crippen LogP contribution is 1.82. The fourth-order valence-electron chi connectivity index (χ4n) is 0.508. The maximum atomic E-state index is 10.9. The Balaban J connectivity index is 0. The van der Waals surface area contributed by atoms with Crippen molar-refractivity contribution >= 4 is 30.9 Å². The second kappa shape index (κ2) is 8.85. The third-order valence-corrected chi connectivity index (χ3v) is 1.52. The Morgan fingerprint density at radius 1 is 1.71 bits per heavy atom. The molecule has 0 bridgehead atoms. The van der Waals surface area contributed by atoms with Crippen LogP contribution in [0.15, 0.2) is 0 Å². The van der Waals surface area contributed by atoms with Crippen LogP contribution in [0, 0.1) is 10.1 Å². The summed E-state index contributed by atoms with van der Waals surface area (Å²) in [5, 5.41) is 11.1. The number of nitrogens with zero attached hydrogens (tertiary/aromatic N) is 1. The minimum atomic E-state index is -0.926. The second-order valence-electron chi connectivity index (χ2n) is 2.14. The SMILES string of the molecule is Cl.NC(CS)C(=O)NCCO[N+](=O)[O-]. The minimum Gasteiger partial charge on any atom is -0.353 e. The van der Waals surface area contributed by atoms with Crippen LogP contribution in [0.25, 0.3) is 0 Å². The van der Waals surface area contributed by atoms with Crippen molar-refractivity contribution in [3.8, 4) is 0 Å². The minimum absolute atomic E-state index is 0. The van der Waals surface area contributed by atoms with Gasteiger partial charge in [-0.05, 0) is 0 Å². The van der Waals surface area contributed by atoms with Crippen LogP contribution in [0.5, 0.6) is 0 Å². The molecule has 1 amide bonds.